The maximum absolute atomic E-state index is 12.0. The molecule has 1 aromatic carbocycles. The smallest absolute Gasteiger partial charge is 0.251 e. The molecule has 1 unspecified atom stereocenters. The van der Waals surface area contributed by atoms with Crippen LogP contribution in [0.2, 0.25) is 0 Å². The van der Waals surface area contributed by atoms with Crippen molar-refractivity contribution >= 4 is 21.7 Å². The monoisotopic (exact) mass is 323 g/mol. The van der Waals surface area contributed by atoms with E-state index >= 15 is 0 Å². The number of hydrogen-bond donors (Lipinski definition) is 2. The molecule has 0 heterocycles. The molecule has 8 heteroatoms. The summed E-state index contributed by atoms with van der Waals surface area (Å²) in [4.78, 5) is 24.0. The molecule has 1 aromatic rings. The summed E-state index contributed by atoms with van der Waals surface area (Å²) in [7, 11) is -3.47. The van der Waals surface area contributed by atoms with E-state index in [0.717, 1.165) is 6.26 Å². The van der Waals surface area contributed by atoms with Crippen LogP contribution in [0.4, 0.5) is 0 Å². The number of rotatable bonds is 7. The Morgan fingerprint density at radius 3 is 2.45 bits per heavy atom. The van der Waals surface area contributed by atoms with Gasteiger partial charge < -0.3 is 10.6 Å². The number of nitriles is 1. The quantitative estimate of drug-likeness (QED) is 0.677. The molecule has 0 aliphatic carbocycles. The van der Waals surface area contributed by atoms with E-state index in [9.17, 15) is 18.0 Å². The van der Waals surface area contributed by atoms with Crippen LogP contribution in [0.25, 0.3) is 0 Å². The fourth-order valence-corrected chi connectivity index (χ4v) is 2.52. The Morgan fingerprint density at radius 1 is 1.27 bits per heavy atom. The predicted molar refractivity (Wildman–Crippen MR) is 80.6 cm³/mol. The van der Waals surface area contributed by atoms with Crippen molar-refractivity contribution in [3.8, 4) is 6.07 Å². The zero-order chi connectivity index (χ0) is 16.6. The Morgan fingerprint density at radius 2 is 1.91 bits per heavy atom. The molecule has 0 saturated heterocycles. The van der Waals surface area contributed by atoms with E-state index in [1.54, 1.807) is 30.3 Å². The molecule has 1 rings (SSSR count). The number of nitrogens with one attached hydrogen (secondary N) is 2. The highest BCUT2D eigenvalue weighted by Gasteiger charge is 2.25. The lowest BCUT2D eigenvalue weighted by Crippen LogP contribution is -2.50. The number of amides is 2. The zero-order valence-corrected chi connectivity index (χ0v) is 12.9. The van der Waals surface area contributed by atoms with E-state index in [4.69, 9.17) is 5.26 Å². The molecule has 0 aliphatic heterocycles. The van der Waals surface area contributed by atoms with Crippen LogP contribution in [-0.2, 0) is 14.6 Å². The molecule has 0 radical (unpaired) electrons. The fraction of sp³-hybridized carbons (Fsp3) is 0.357. The fourth-order valence-electron chi connectivity index (χ4n) is 1.68. The highest BCUT2D eigenvalue weighted by molar-refractivity contribution is 7.90. The second-order valence-electron chi connectivity index (χ2n) is 4.68. The first-order valence-electron chi connectivity index (χ1n) is 6.52. The average Bonchev–Trinajstić information content (AvgIpc) is 2.46. The molecule has 0 saturated carbocycles. The molecule has 22 heavy (non-hydrogen) atoms. The Bertz CT molecular complexity index is 665. The van der Waals surface area contributed by atoms with Gasteiger partial charge in [0.25, 0.3) is 5.91 Å². The van der Waals surface area contributed by atoms with Crippen LogP contribution in [0.5, 0.6) is 0 Å². The van der Waals surface area contributed by atoms with Crippen LogP contribution in [-0.4, -0.2) is 44.8 Å². The van der Waals surface area contributed by atoms with Crippen LogP contribution in [0, 0.1) is 11.3 Å². The summed E-state index contributed by atoms with van der Waals surface area (Å²) in [5.74, 6) is -1.68. The summed E-state index contributed by atoms with van der Waals surface area (Å²) in [6.07, 6.45) is 1.08. The van der Waals surface area contributed by atoms with E-state index in [1.165, 1.54) is 0 Å². The van der Waals surface area contributed by atoms with E-state index in [-0.39, 0.29) is 13.0 Å². The van der Waals surface area contributed by atoms with Gasteiger partial charge in [0.05, 0.1) is 18.2 Å². The van der Waals surface area contributed by atoms with Gasteiger partial charge in [0.15, 0.2) is 0 Å². The second kappa shape index (κ2) is 8.14. The molecule has 1 atom stereocenters. The minimum absolute atomic E-state index is 0.0941. The largest absolute Gasteiger partial charge is 0.353 e. The third-order valence-corrected chi connectivity index (χ3v) is 3.60. The van der Waals surface area contributed by atoms with Crippen LogP contribution in [0.3, 0.4) is 0 Å². The first kappa shape index (κ1) is 17.7. The first-order chi connectivity index (χ1) is 10.3. The maximum atomic E-state index is 12.0. The zero-order valence-electron chi connectivity index (χ0n) is 12.1. The van der Waals surface area contributed by atoms with E-state index in [2.05, 4.69) is 10.6 Å². The number of carbonyl (C=O) groups is 2. The van der Waals surface area contributed by atoms with Crippen molar-refractivity contribution in [3.63, 3.8) is 0 Å². The third-order valence-electron chi connectivity index (χ3n) is 2.66. The van der Waals surface area contributed by atoms with Crippen LogP contribution in [0.15, 0.2) is 30.3 Å². The van der Waals surface area contributed by atoms with Crippen LogP contribution >= 0.6 is 0 Å². The summed E-state index contributed by atoms with van der Waals surface area (Å²) < 4.78 is 22.8. The van der Waals surface area contributed by atoms with Gasteiger partial charge in [0.1, 0.15) is 15.9 Å². The number of hydrogen-bond acceptors (Lipinski definition) is 5. The molecule has 0 spiro atoms. The molecule has 0 bridgehead atoms. The van der Waals surface area contributed by atoms with Crippen molar-refractivity contribution in [3.05, 3.63) is 35.9 Å². The van der Waals surface area contributed by atoms with Crippen molar-refractivity contribution in [1.82, 2.24) is 10.6 Å². The van der Waals surface area contributed by atoms with Gasteiger partial charge in [-0.05, 0) is 12.1 Å². The number of carbonyl (C=O) groups excluding carboxylic acids is 2. The molecule has 0 fully saturated rings. The lowest BCUT2D eigenvalue weighted by molar-refractivity contribution is -0.122. The van der Waals surface area contributed by atoms with Crippen molar-refractivity contribution in [2.45, 2.75) is 12.5 Å². The minimum atomic E-state index is -3.47. The van der Waals surface area contributed by atoms with Crippen LogP contribution < -0.4 is 10.6 Å². The predicted octanol–water partition coefficient (Wildman–Crippen LogP) is -0.141. The molecular formula is C14H17N3O4S. The maximum Gasteiger partial charge on any atom is 0.251 e. The van der Waals surface area contributed by atoms with Crippen LogP contribution in [0.1, 0.15) is 16.8 Å². The van der Waals surface area contributed by atoms with Gasteiger partial charge in [-0.3, -0.25) is 9.59 Å². The Hall–Kier alpha value is -2.40. The summed E-state index contributed by atoms with van der Waals surface area (Å²) in [6.45, 7) is 0.0941. The third kappa shape index (κ3) is 6.37. The normalized spacial score (nSPS) is 12.0. The van der Waals surface area contributed by atoms with Gasteiger partial charge in [-0.25, -0.2) is 8.42 Å². The second-order valence-corrected chi connectivity index (χ2v) is 6.87. The topological polar surface area (TPSA) is 116 Å². The molecule has 118 valence electrons. The highest BCUT2D eigenvalue weighted by Crippen LogP contribution is 2.00. The summed E-state index contributed by atoms with van der Waals surface area (Å²) in [5.41, 5.74) is 0.325. The van der Waals surface area contributed by atoms with Gasteiger partial charge in [-0.15, -0.1) is 0 Å². The molecule has 0 aliphatic rings. The van der Waals surface area contributed by atoms with Crippen molar-refractivity contribution < 1.29 is 18.0 Å². The Kier molecular flexibility index (Phi) is 6.53. The van der Waals surface area contributed by atoms with E-state index in [0.29, 0.717) is 5.56 Å². The number of nitrogens with zero attached hydrogens (tertiary/aromatic N) is 1. The molecule has 2 amide bonds. The molecule has 7 nitrogen and oxygen atoms in total. The lowest BCUT2D eigenvalue weighted by atomic mass is 10.2. The summed E-state index contributed by atoms with van der Waals surface area (Å²) in [5, 5.41) is 13.3. The van der Waals surface area contributed by atoms with E-state index < -0.39 is 33.4 Å². The standard InChI is InChI=1S/C14H17N3O4S/c1-22(20,21)10-12(14(19)16-9-5-8-15)17-13(18)11-6-3-2-4-7-11/h2-4,6-7,12H,5,9-10H2,1H3,(H,16,19)(H,17,18). The minimum Gasteiger partial charge on any atom is -0.353 e. The Labute approximate surface area is 129 Å². The van der Waals surface area contributed by atoms with Crippen molar-refractivity contribution in [1.29, 1.82) is 5.26 Å². The van der Waals surface area contributed by atoms with Crippen molar-refractivity contribution in [2.75, 3.05) is 18.6 Å². The molecule has 0 aromatic heterocycles. The van der Waals surface area contributed by atoms with Crippen molar-refractivity contribution in [2.24, 2.45) is 0 Å². The summed E-state index contributed by atoms with van der Waals surface area (Å²) in [6, 6.07) is 8.82. The molecular weight excluding hydrogens is 306 g/mol. The number of sulfone groups is 1. The lowest BCUT2D eigenvalue weighted by Gasteiger charge is -2.17. The van der Waals surface area contributed by atoms with Gasteiger partial charge >= 0.3 is 0 Å². The van der Waals surface area contributed by atoms with Gasteiger partial charge in [-0.2, -0.15) is 5.26 Å². The van der Waals surface area contributed by atoms with Gasteiger partial charge in [-0.1, -0.05) is 18.2 Å². The highest BCUT2D eigenvalue weighted by atomic mass is 32.2. The Balaban J connectivity index is 2.80. The SMILES string of the molecule is CS(=O)(=O)CC(NC(=O)c1ccccc1)C(=O)NCCC#N. The van der Waals surface area contributed by atoms with Gasteiger partial charge in [0, 0.05) is 18.4 Å². The number of benzene rings is 1. The van der Waals surface area contributed by atoms with E-state index in [1.807, 2.05) is 6.07 Å². The molecule has 2 N–H and O–H groups in total. The van der Waals surface area contributed by atoms with Gasteiger partial charge in [0.2, 0.25) is 5.91 Å². The average molecular weight is 323 g/mol. The summed E-state index contributed by atoms with van der Waals surface area (Å²) >= 11 is 0. The first-order valence-corrected chi connectivity index (χ1v) is 8.58.